The minimum absolute atomic E-state index is 0.00272. The number of amides is 1. The van der Waals surface area contributed by atoms with Crippen LogP contribution in [0.3, 0.4) is 0 Å². The van der Waals surface area contributed by atoms with E-state index >= 15 is 0 Å². The van der Waals surface area contributed by atoms with Gasteiger partial charge in [0.2, 0.25) is 0 Å². The topological polar surface area (TPSA) is 67.4 Å². The maximum atomic E-state index is 13.8. The summed E-state index contributed by atoms with van der Waals surface area (Å²) in [6.45, 7) is 1.84. The number of carbonyl (C=O) groups is 2. The van der Waals surface area contributed by atoms with Crippen LogP contribution in [0, 0.1) is 5.82 Å². The number of benzene rings is 3. The third-order valence-electron chi connectivity index (χ3n) is 6.88. The van der Waals surface area contributed by atoms with Crippen LogP contribution in [0.4, 0.5) is 10.1 Å². The van der Waals surface area contributed by atoms with Crippen molar-refractivity contribution in [3.63, 3.8) is 0 Å². The first kappa shape index (κ1) is 23.5. The fraction of sp³-hybridized carbons (Fsp3) is 0.200. The molecule has 0 fully saturated rings. The van der Waals surface area contributed by atoms with Gasteiger partial charge in [0, 0.05) is 40.2 Å². The second-order valence-corrected chi connectivity index (χ2v) is 9.13. The molecule has 36 heavy (non-hydrogen) atoms. The van der Waals surface area contributed by atoms with E-state index in [4.69, 9.17) is 4.74 Å². The van der Waals surface area contributed by atoms with Crippen LogP contribution in [0.25, 0.3) is 0 Å². The standard InChI is InChI=1S/C30H27FN2O3/c1-18-27(30(35)33-22-12-8-11-21(31)17-22)28(23-13-6-7-14-26(23)36-2)29-24(32-18)15-20(16-25(29)34)19-9-4-3-5-10-19/h3-14,17,20,28,32H,15-16H2,1-2H3,(H,33,35)/t20-,28-/m0/s1. The van der Waals surface area contributed by atoms with E-state index in [0.29, 0.717) is 41.1 Å². The monoisotopic (exact) mass is 482 g/mol. The summed E-state index contributed by atoms with van der Waals surface area (Å²) in [5.74, 6) is -0.809. The van der Waals surface area contributed by atoms with Crippen molar-refractivity contribution in [2.24, 2.45) is 0 Å². The molecule has 0 unspecified atom stereocenters. The van der Waals surface area contributed by atoms with E-state index in [1.807, 2.05) is 61.5 Å². The van der Waals surface area contributed by atoms with Crippen molar-refractivity contribution in [1.82, 2.24) is 5.32 Å². The molecule has 6 heteroatoms. The van der Waals surface area contributed by atoms with Gasteiger partial charge in [0.1, 0.15) is 11.6 Å². The van der Waals surface area contributed by atoms with Crippen molar-refractivity contribution in [3.05, 3.63) is 118 Å². The van der Waals surface area contributed by atoms with Gasteiger partial charge in [-0.15, -0.1) is 0 Å². The predicted octanol–water partition coefficient (Wildman–Crippen LogP) is 5.83. The molecule has 2 aliphatic rings. The Morgan fingerprint density at radius 3 is 2.50 bits per heavy atom. The largest absolute Gasteiger partial charge is 0.496 e. The zero-order chi connectivity index (χ0) is 25.2. The lowest BCUT2D eigenvalue weighted by molar-refractivity contribution is -0.116. The van der Waals surface area contributed by atoms with Gasteiger partial charge in [-0.25, -0.2) is 4.39 Å². The summed E-state index contributed by atoms with van der Waals surface area (Å²) in [4.78, 5) is 27.4. The molecule has 1 heterocycles. The van der Waals surface area contributed by atoms with Crippen molar-refractivity contribution in [2.45, 2.75) is 31.6 Å². The van der Waals surface area contributed by atoms with Gasteiger partial charge >= 0.3 is 0 Å². The molecule has 1 amide bonds. The summed E-state index contributed by atoms with van der Waals surface area (Å²) in [5.41, 5.74) is 4.68. The summed E-state index contributed by atoms with van der Waals surface area (Å²) < 4.78 is 19.4. The number of ketones is 1. The summed E-state index contributed by atoms with van der Waals surface area (Å²) in [6.07, 6.45) is 1.01. The van der Waals surface area contributed by atoms with Gasteiger partial charge in [0.05, 0.1) is 13.0 Å². The molecule has 0 spiro atoms. The van der Waals surface area contributed by atoms with Crippen molar-refractivity contribution in [1.29, 1.82) is 0 Å². The molecule has 2 atom stereocenters. The van der Waals surface area contributed by atoms with Gasteiger partial charge in [-0.2, -0.15) is 0 Å². The minimum Gasteiger partial charge on any atom is -0.496 e. The van der Waals surface area contributed by atoms with E-state index in [-0.39, 0.29) is 11.7 Å². The fourth-order valence-electron chi connectivity index (χ4n) is 5.28. The Morgan fingerprint density at radius 1 is 1.00 bits per heavy atom. The molecule has 1 aliphatic heterocycles. The van der Waals surface area contributed by atoms with Crippen LogP contribution in [-0.2, 0) is 9.59 Å². The van der Waals surface area contributed by atoms with E-state index in [2.05, 4.69) is 10.6 Å². The Labute approximate surface area is 209 Å². The highest BCUT2D eigenvalue weighted by molar-refractivity contribution is 6.10. The number of anilines is 1. The molecule has 3 aromatic carbocycles. The Morgan fingerprint density at radius 2 is 1.75 bits per heavy atom. The highest BCUT2D eigenvalue weighted by Gasteiger charge is 2.41. The number of dihydropyridines is 1. The molecule has 5 rings (SSSR count). The van der Waals surface area contributed by atoms with E-state index in [1.165, 1.54) is 18.2 Å². The number of rotatable bonds is 5. The van der Waals surface area contributed by atoms with E-state index in [0.717, 1.165) is 16.8 Å². The van der Waals surface area contributed by atoms with Crippen LogP contribution in [0.2, 0.25) is 0 Å². The molecular weight excluding hydrogens is 455 g/mol. The van der Waals surface area contributed by atoms with E-state index < -0.39 is 17.6 Å². The Balaban J connectivity index is 1.59. The number of methoxy groups -OCH3 is 1. The van der Waals surface area contributed by atoms with Crippen LogP contribution >= 0.6 is 0 Å². The second kappa shape index (κ2) is 9.82. The van der Waals surface area contributed by atoms with Crippen LogP contribution in [0.5, 0.6) is 5.75 Å². The number of para-hydroxylation sites is 1. The number of ether oxygens (including phenoxy) is 1. The number of nitrogens with one attached hydrogen (secondary N) is 2. The van der Waals surface area contributed by atoms with Gasteiger partial charge in [0.25, 0.3) is 5.91 Å². The lowest BCUT2D eigenvalue weighted by atomic mass is 9.71. The average molecular weight is 483 g/mol. The lowest BCUT2D eigenvalue weighted by Gasteiger charge is -2.37. The number of hydrogen-bond donors (Lipinski definition) is 2. The number of hydrogen-bond acceptors (Lipinski definition) is 4. The van der Waals surface area contributed by atoms with Gasteiger partial charge in [-0.3, -0.25) is 9.59 Å². The van der Waals surface area contributed by atoms with Gasteiger partial charge < -0.3 is 15.4 Å². The van der Waals surface area contributed by atoms with E-state index in [1.54, 1.807) is 13.2 Å². The predicted molar refractivity (Wildman–Crippen MR) is 137 cm³/mol. The first-order valence-corrected chi connectivity index (χ1v) is 11.9. The van der Waals surface area contributed by atoms with Crippen molar-refractivity contribution in [2.75, 3.05) is 12.4 Å². The molecule has 0 radical (unpaired) electrons. The van der Waals surface area contributed by atoms with Gasteiger partial charge in [0.15, 0.2) is 5.78 Å². The smallest absolute Gasteiger partial charge is 0.254 e. The third kappa shape index (κ3) is 4.42. The van der Waals surface area contributed by atoms with Gasteiger partial charge in [-0.05, 0) is 49.1 Å². The molecule has 1 aliphatic carbocycles. The molecule has 0 saturated heterocycles. The summed E-state index contributed by atoms with van der Waals surface area (Å²) in [7, 11) is 1.58. The summed E-state index contributed by atoms with van der Waals surface area (Å²) in [6, 6.07) is 23.2. The summed E-state index contributed by atoms with van der Waals surface area (Å²) >= 11 is 0. The molecule has 0 bridgehead atoms. The molecule has 182 valence electrons. The number of halogens is 1. The Bertz CT molecular complexity index is 1390. The first-order valence-electron chi connectivity index (χ1n) is 11.9. The second-order valence-electron chi connectivity index (χ2n) is 9.13. The molecule has 0 aromatic heterocycles. The minimum atomic E-state index is -0.616. The fourth-order valence-corrected chi connectivity index (χ4v) is 5.28. The highest BCUT2D eigenvalue weighted by atomic mass is 19.1. The molecule has 5 nitrogen and oxygen atoms in total. The van der Waals surface area contributed by atoms with Crippen LogP contribution in [0.1, 0.15) is 42.7 Å². The van der Waals surface area contributed by atoms with Crippen LogP contribution < -0.4 is 15.4 Å². The Hall–Kier alpha value is -4.19. The van der Waals surface area contributed by atoms with Crippen molar-refractivity contribution >= 4 is 17.4 Å². The maximum Gasteiger partial charge on any atom is 0.254 e. The van der Waals surface area contributed by atoms with E-state index in [9.17, 15) is 14.0 Å². The number of allylic oxidation sites excluding steroid dienone is 3. The molecular formula is C30H27FN2O3. The van der Waals surface area contributed by atoms with Crippen molar-refractivity contribution in [3.8, 4) is 5.75 Å². The quantitative estimate of drug-likeness (QED) is 0.480. The Kier molecular flexibility index (Phi) is 6.42. The molecule has 2 N–H and O–H groups in total. The summed E-state index contributed by atoms with van der Waals surface area (Å²) in [5, 5.41) is 6.19. The van der Waals surface area contributed by atoms with Crippen molar-refractivity contribution < 1.29 is 18.7 Å². The zero-order valence-corrected chi connectivity index (χ0v) is 20.2. The molecule has 0 saturated carbocycles. The number of carbonyl (C=O) groups excluding carboxylic acids is 2. The average Bonchev–Trinajstić information content (AvgIpc) is 2.88. The van der Waals surface area contributed by atoms with Crippen LogP contribution in [0.15, 0.2) is 101 Å². The lowest BCUT2D eigenvalue weighted by Crippen LogP contribution is -2.37. The maximum absolute atomic E-state index is 13.8. The van der Waals surface area contributed by atoms with Gasteiger partial charge in [-0.1, -0.05) is 54.6 Å². The first-order chi connectivity index (χ1) is 17.5. The van der Waals surface area contributed by atoms with Crippen LogP contribution in [-0.4, -0.2) is 18.8 Å². The number of Topliss-reactive ketones (excluding diaryl/α,β-unsaturated/α-hetero) is 1. The normalized spacial score (nSPS) is 19.5. The highest BCUT2D eigenvalue weighted by Crippen LogP contribution is 2.47. The SMILES string of the molecule is COc1ccccc1[C@H]1C(C(=O)Nc2cccc(F)c2)=C(C)NC2=C1C(=O)C[C@@H](c1ccccc1)C2. The zero-order valence-electron chi connectivity index (χ0n) is 20.2. The molecule has 3 aromatic rings. The third-order valence-corrected chi connectivity index (χ3v) is 6.88.